The number of aromatic hydroxyl groups is 1. The summed E-state index contributed by atoms with van der Waals surface area (Å²) in [4.78, 5) is 10.9. The lowest BCUT2D eigenvalue weighted by Crippen LogP contribution is -1.99. The third-order valence-corrected chi connectivity index (χ3v) is 2.85. The number of aromatic carboxylic acids is 1. The van der Waals surface area contributed by atoms with Gasteiger partial charge in [0.1, 0.15) is 11.9 Å². The number of aryl methyl sites for hydroxylation is 1. The van der Waals surface area contributed by atoms with Crippen LogP contribution in [0.3, 0.4) is 0 Å². The normalized spacial score (nSPS) is 12.4. The monoisotopic (exact) mass is 264 g/mol. The molecule has 1 atom stereocenters. The largest absolute Gasteiger partial charge is 0.508 e. The molecular weight excluding hydrogens is 251 g/mol. The van der Waals surface area contributed by atoms with Crippen molar-refractivity contribution in [1.29, 1.82) is 0 Å². The van der Waals surface area contributed by atoms with Gasteiger partial charge in [0.15, 0.2) is 5.69 Å². The van der Waals surface area contributed by atoms with Crippen molar-refractivity contribution in [2.24, 2.45) is 7.05 Å². The number of carbonyl (C=O) groups is 1. The van der Waals surface area contributed by atoms with E-state index in [0.29, 0.717) is 11.3 Å². The van der Waals surface area contributed by atoms with Crippen LogP contribution in [0.15, 0.2) is 24.3 Å². The van der Waals surface area contributed by atoms with Gasteiger partial charge in [-0.25, -0.2) is 9.18 Å². The first kappa shape index (κ1) is 13.1. The minimum Gasteiger partial charge on any atom is -0.508 e. The Bertz CT molecular complexity index is 635. The zero-order chi connectivity index (χ0) is 14.2. The van der Waals surface area contributed by atoms with Gasteiger partial charge in [-0.2, -0.15) is 5.10 Å². The van der Waals surface area contributed by atoms with Crippen LogP contribution in [0.25, 0.3) is 11.3 Å². The highest BCUT2D eigenvalue weighted by molar-refractivity contribution is 5.87. The van der Waals surface area contributed by atoms with Crippen molar-refractivity contribution < 1.29 is 19.4 Å². The van der Waals surface area contributed by atoms with Crippen LogP contribution in [0, 0.1) is 0 Å². The molecule has 2 aromatic rings. The van der Waals surface area contributed by atoms with Crippen molar-refractivity contribution in [2.75, 3.05) is 0 Å². The molecule has 100 valence electrons. The SMILES string of the molecule is CC(F)c1cc(-c2cc(C(=O)O)nn2C)ccc1O. The lowest BCUT2D eigenvalue weighted by molar-refractivity contribution is 0.0689. The number of hydrogen-bond donors (Lipinski definition) is 2. The molecule has 0 spiro atoms. The van der Waals surface area contributed by atoms with Gasteiger partial charge in [0.25, 0.3) is 0 Å². The van der Waals surface area contributed by atoms with Gasteiger partial charge < -0.3 is 10.2 Å². The van der Waals surface area contributed by atoms with Gasteiger partial charge in [-0.05, 0) is 31.2 Å². The summed E-state index contributed by atoms with van der Waals surface area (Å²) in [5.41, 5.74) is 1.22. The van der Waals surface area contributed by atoms with E-state index in [2.05, 4.69) is 5.10 Å². The number of aromatic nitrogens is 2. The Morgan fingerprint density at radius 2 is 2.11 bits per heavy atom. The van der Waals surface area contributed by atoms with Crippen LogP contribution in [-0.2, 0) is 7.05 Å². The summed E-state index contributed by atoms with van der Waals surface area (Å²) in [6.45, 7) is 1.32. The van der Waals surface area contributed by atoms with Gasteiger partial charge in [0, 0.05) is 18.2 Å². The molecule has 5 nitrogen and oxygen atoms in total. The van der Waals surface area contributed by atoms with E-state index in [0.717, 1.165) is 0 Å². The highest BCUT2D eigenvalue weighted by Gasteiger charge is 2.15. The Kier molecular flexibility index (Phi) is 3.25. The molecule has 0 amide bonds. The minimum absolute atomic E-state index is 0.0829. The molecular formula is C13H13FN2O3. The Labute approximate surface area is 108 Å². The number of nitrogens with zero attached hydrogens (tertiary/aromatic N) is 2. The first-order valence-corrected chi connectivity index (χ1v) is 5.65. The number of halogens is 1. The number of alkyl halides is 1. The number of phenolic OH excluding ortho intramolecular Hbond substituents is 1. The van der Waals surface area contributed by atoms with Crippen LogP contribution in [0.2, 0.25) is 0 Å². The number of phenols is 1. The number of carboxylic acid groups (broad SMARTS) is 1. The van der Waals surface area contributed by atoms with Crippen LogP contribution >= 0.6 is 0 Å². The molecule has 0 aliphatic heterocycles. The predicted octanol–water partition coefficient (Wildman–Crippen LogP) is 2.52. The maximum absolute atomic E-state index is 13.3. The summed E-state index contributed by atoms with van der Waals surface area (Å²) in [6.07, 6.45) is -1.31. The fourth-order valence-electron chi connectivity index (χ4n) is 1.87. The summed E-state index contributed by atoms with van der Waals surface area (Å²) in [5.74, 6) is -1.25. The molecule has 19 heavy (non-hydrogen) atoms. The van der Waals surface area contributed by atoms with Crippen molar-refractivity contribution in [3.63, 3.8) is 0 Å². The lowest BCUT2D eigenvalue weighted by Gasteiger charge is -2.08. The van der Waals surface area contributed by atoms with Crippen molar-refractivity contribution in [2.45, 2.75) is 13.1 Å². The topological polar surface area (TPSA) is 75.3 Å². The van der Waals surface area contributed by atoms with E-state index in [-0.39, 0.29) is 17.0 Å². The fourth-order valence-corrected chi connectivity index (χ4v) is 1.87. The Morgan fingerprint density at radius 1 is 1.42 bits per heavy atom. The van der Waals surface area contributed by atoms with Gasteiger partial charge >= 0.3 is 5.97 Å². The summed E-state index contributed by atoms with van der Waals surface area (Å²) in [5, 5.41) is 22.3. The van der Waals surface area contributed by atoms with E-state index in [1.54, 1.807) is 13.1 Å². The third kappa shape index (κ3) is 2.42. The minimum atomic E-state index is -1.31. The van der Waals surface area contributed by atoms with Crippen LogP contribution < -0.4 is 0 Å². The Morgan fingerprint density at radius 3 is 2.63 bits per heavy atom. The van der Waals surface area contributed by atoms with Gasteiger partial charge in [-0.3, -0.25) is 4.68 Å². The molecule has 0 fully saturated rings. The fraction of sp³-hybridized carbons (Fsp3) is 0.231. The van der Waals surface area contributed by atoms with Crippen LogP contribution in [-0.4, -0.2) is 26.0 Å². The van der Waals surface area contributed by atoms with E-state index >= 15 is 0 Å². The predicted molar refractivity (Wildman–Crippen MR) is 66.8 cm³/mol. The van der Waals surface area contributed by atoms with Crippen molar-refractivity contribution >= 4 is 5.97 Å². The molecule has 0 aliphatic carbocycles. The molecule has 2 N–H and O–H groups in total. The standard InChI is InChI=1S/C13H13FN2O3/c1-7(14)9-5-8(3-4-12(9)17)11-6-10(13(18)19)15-16(11)2/h3-7,17H,1-2H3,(H,18,19). The molecule has 0 bridgehead atoms. The third-order valence-electron chi connectivity index (χ3n) is 2.85. The second-order valence-corrected chi connectivity index (χ2v) is 4.23. The van der Waals surface area contributed by atoms with Crippen LogP contribution in [0.1, 0.15) is 29.1 Å². The van der Waals surface area contributed by atoms with Gasteiger partial charge in [-0.1, -0.05) is 0 Å². The smallest absolute Gasteiger partial charge is 0.356 e. The van der Waals surface area contributed by atoms with Crippen molar-refractivity contribution in [1.82, 2.24) is 9.78 Å². The van der Waals surface area contributed by atoms with Gasteiger partial charge in [0.05, 0.1) is 5.69 Å². The molecule has 1 heterocycles. The van der Waals surface area contributed by atoms with Crippen molar-refractivity contribution in [3.05, 3.63) is 35.5 Å². The summed E-state index contributed by atoms with van der Waals surface area (Å²) < 4.78 is 14.8. The van der Waals surface area contributed by atoms with E-state index in [1.165, 1.54) is 29.8 Å². The second kappa shape index (κ2) is 4.72. The summed E-state index contributed by atoms with van der Waals surface area (Å²) >= 11 is 0. The van der Waals surface area contributed by atoms with Crippen molar-refractivity contribution in [3.8, 4) is 17.0 Å². The first-order chi connectivity index (χ1) is 8.90. The van der Waals surface area contributed by atoms with E-state index < -0.39 is 12.1 Å². The maximum atomic E-state index is 13.3. The van der Waals surface area contributed by atoms with Crippen LogP contribution in [0.4, 0.5) is 4.39 Å². The highest BCUT2D eigenvalue weighted by Crippen LogP contribution is 2.31. The molecule has 1 aromatic carbocycles. The molecule has 0 radical (unpaired) electrons. The van der Waals surface area contributed by atoms with Gasteiger partial charge in [0.2, 0.25) is 0 Å². The van der Waals surface area contributed by atoms with E-state index in [4.69, 9.17) is 5.11 Å². The molecule has 1 unspecified atom stereocenters. The number of carboxylic acids is 1. The molecule has 0 aliphatic rings. The quantitative estimate of drug-likeness (QED) is 0.893. The van der Waals surface area contributed by atoms with E-state index in [9.17, 15) is 14.3 Å². The first-order valence-electron chi connectivity index (χ1n) is 5.65. The Balaban J connectivity index is 2.53. The molecule has 0 saturated heterocycles. The molecule has 1 aromatic heterocycles. The molecule has 0 saturated carbocycles. The second-order valence-electron chi connectivity index (χ2n) is 4.23. The number of hydrogen-bond acceptors (Lipinski definition) is 3. The van der Waals surface area contributed by atoms with E-state index in [1.807, 2.05) is 0 Å². The average molecular weight is 264 g/mol. The maximum Gasteiger partial charge on any atom is 0.356 e. The summed E-state index contributed by atoms with van der Waals surface area (Å²) in [7, 11) is 1.60. The molecule has 2 rings (SSSR count). The lowest BCUT2D eigenvalue weighted by atomic mass is 10.0. The zero-order valence-corrected chi connectivity index (χ0v) is 10.5. The van der Waals surface area contributed by atoms with Crippen LogP contribution in [0.5, 0.6) is 5.75 Å². The number of benzene rings is 1. The highest BCUT2D eigenvalue weighted by atomic mass is 19.1. The number of rotatable bonds is 3. The van der Waals surface area contributed by atoms with Gasteiger partial charge in [-0.15, -0.1) is 0 Å². The molecule has 6 heteroatoms. The summed E-state index contributed by atoms with van der Waals surface area (Å²) in [6, 6.07) is 5.86. The zero-order valence-electron chi connectivity index (χ0n) is 10.5. The average Bonchev–Trinajstić information content (AvgIpc) is 2.72. The Hall–Kier alpha value is -2.37.